The van der Waals surface area contributed by atoms with Gasteiger partial charge in [-0.1, -0.05) is 13.8 Å². The number of hydrogen-bond acceptors (Lipinski definition) is 3. The Hall–Kier alpha value is -0.610. The minimum atomic E-state index is -0.733. The van der Waals surface area contributed by atoms with Crippen molar-refractivity contribution in [3.63, 3.8) is 0 Å². The Labute approximate surface area is 78.7 Å². The van der Waals surface area contributed by atoms with Crippen LogP contribution in [0.3, 0.4) is 0 Å². The van der Waals surface area contributed by atoms with Crippen LogP contribution in [0.4, 0.5) is 0 Å². The molecular formula is C9H18N2O2. The van der Waals surface area contributed by atoms with Crippen LogP contribution in [0.25, 0.3) is 0 Å². The van der Waals surface area contributed by atoms with Gasteiger partial charge in [0.05, 0.1) is 0 Å². The number of likely N-dealkylation sites (tertiary alicyclic amines) is 1. The molecule has 0 radical (unpaired) electrons. The lowest BCUT2D eigenvalue weighted by Crippen LogP contribution is -2.40. The molecule has 1 fully saturated rings. The van der Waals surface area contributed by atoms with Crippen LogP contribution < -0.4 is 5.73 Å². The third kappa shape index (κ3) is 2.19. The van der Waals surface area contributed by atoms with E-state index in [2.05, 4.69) is 6.92 Å². The van der Waals surface area contributed by atoms with Crippen molar-refractivity contribution in [2.75, 3.05) is 13.1 Å². The molecule has 0 amide bonds. The van der Waals surface area contributed by atoms with Crippen LogP contribution in [-0.4, -0.2) is 41.1 Å². The Morgan fingerprint density at radius 3 is 2.62 bits per heavy atom. The van der Waals surface area contributed by atoms with Gasteiger partial charge in [-0.2, -0.15) is 0 Å². The maximum Gasteiger partial charge on any atom is 0.320 e. The van der Waals surface area contributed by atoms with Crippen molar-refractivity contribution in [3.8, 4) is 0 Å². The maximum atomic E-state index is 10.8. The lowest BCUT2D eigenvalue weighted by molar-refractivity contribution is -0.143. The van der Waals surface area contributed by atoms with Gasteiger partial charge in [0, 0.05) is 19.1 Å². The Kier molecular flexibility index (Phi) is 3.27. The zero-order chi connectivity index (χ0) is 10.0. The SMILES string of the molecule is CCC(C(=O)O)N1CC(C)C(N)C1. The average molecular weight is 186 g/mol. The quantitative estimate of drug-likeness (QED) is 0.657. The minimum absolute atomic E-state index is 0.133. The van der Waals surface area contributed by atoms with Crippen LogP contribution in [-0.2, 0) is 4.79 Å². The first-order valence-electron chi connectivity index (χ1n) is 4.78. The van der Waals surface area contributed by atoms with Crippen molar-refractivity contribution in [2.24, 2.45) is 11.7 Å². The van der Waals surface area contributed by atoms with Crippen LogP contribution in [0.1, 0.15) is 20.3 Å². The number of hydrogen-bond donors (Lipinski definition) is 2. The Morgan fingerprint density at radius 2 is 2.31 bits per heavy atom. The van der Waals surface area contributed by atoms with Gasteiger partial charge < -0.3 is 10.8 Å². The molecule has 76 valence electrons. The molecule has 3 atom stereocenters. The Morgan fingerprint density at radius 1 is 1.69 bits per heavy atom. The van der Waals surface area contributed by atoms with Crippen molar-refractivity contribution >= 4 is 5.97 Å². The highest BCUT2D eigenvalue weighted by Crippen LogP contribution is 2.18. The summed E-state index contributed by atoms with van der Waals surface area (Å²) in [6, 6.07) is -0.218. The van der Waals surface area contributed by atoms with Crippen LogP contribution in [0.2, 0.25) is 0 Å². The molecule has 0 aromatic carbocycles. The fourth-order valence-corrected chi connectivity index (χ4v) is 1.87. The van der Waals surface area contributed by atoms with Gasteiger partial charge in [-0.3, -0.25) is 9.69 Å². The van der Waals surface area contributed by atoms with Crippen molar-refractivity contribution < 1.29 is 9.90 Å². The summed E-state index contributed by atoms with van der Waals surface area (Å²) < 4.78 is 0. The fraction of sp³-hybridized carbons (Fsp3) is 0.889. The zero-order valence-electron chi connectivity index (χ0n) is 8.23. The van der Waals surface area contributed by atoms with Gasteiger partial charge in [-0.15, -0.1) is 0 Å². The smallest absolute Gasteiger partial charge is 0.320 e. The van der Waals surface area contributed by atoms with E-state index in [0.717, 1.165) is 6.54 Å². The molecule has 1 saturated heterocycles. The van der Waals surface area contributed by atoms with E-state index in [0.29, 0.717) is 18.9 Å². The van der Waals surface area contributed by atoms with Crippen molar-refractivity contribution in [1.82, 2.24) is 4.90 Å². The normalized spacial score (nSPS) is 31.9. The summed E-state index contributed by atoms with van der Waals surface area (Å²) in [6.07, 6.45) is 0.648. The van der Waals surface area contributed by atoms with E-state index >= 15 is 0 Å². The molecule has 4 nitrogen and oxygen atoms in total. The standard InChI is InChI=1S/C9H18N2O2/c1-3-8(9(12)13)11-4-6(2)7(10)5-11/h6-8H,3-5,10H2,1-2H3,(H,12,13). The van der Waals surface area contributed by atoms with Crippen LogP contribution in [0.5, 0.6) is 0 Å². The second-order valence-electron chi connectivity index (χ2n) is 3.86. The third-order valence-electron chi connectivity index (χ3n) is 2.81. The van der Waals surface area contributed by atoms with Gasteiger partial charge >= 0.3 is 5.97 Å². The number of aliphatic carboxylic acids is 1. The predicted molar refractivity (Wildman–Crippen MR) is 50.4 cm³/mol. The summed E-state index contributed by atoms with van der Waals surface area (Å²) in [6.45, 7) is 5.49. The molecule has 0 aliphatic carbocycles. The molecule has 1 rings (SSSR count). The predicted octanol–water partition coefficient (Wildman–Crippen LogP) is 0.129. The van der Waals surface area contributed by atoms with Gasteiger partial charge in [0.1, 0.15) is 6.04 Å². The van der Waals surface area contributed by atoms with Crippen LogP contribution in [0, 0.1) is 5.92 Å². The highest BCUT2D eigenvalue weighted by atomic mass is 16.4. The summed E-state index contributed by atoms with van der Waals surface area (Å²) in [7, 11) is 0. The summed E-state index contributed by atoms with van der Waals surface area (Å²) in [5, 5.41) is 8.92. The molecule has 0 spiro atoms. The van der Waals surface area contributed by atoms with E-state index in [9.17, 15) is 4.79 Å². The maximum absolute atomic E-state index is 10.8. The Bertz CT molecular complexity index is 186. The molecule has 3 N–H and O–H groups in total. The van der Waals surface area contributed by atoms with Gasteiger partial charge in [0.25, 0.3) is 0 Å². The fourth-order valence-electron chi connectivity index (χ4n) is 1.87. The van der Waals surface area contributed by atoms with Gasteiger partial charge in [0.2, 0.25) is 0 Å². The van der Waals surface area contributed by atoms with E-state index in [1.165, 1.54) is 0 Å². The molecule has 0 aromatic heterocycles. The van der Waals surface area contributed by atoms with Crippen molar-refractivity contribution in [2.45, 2.75) is 32.4 Å². The van der Waals surface area contributed by atoms with Gasteiger partial charge in [0.15, 0.2) is 0 Å². The molecule has 4 heteroatoms. The van der Waals surface area contributed by atoms with Crippen LogP contribution >= 0.6 is 0 Å². The molecule has 3 unspecified atom stereocenters. The average Bonchev–Trinajstić information content (AvgIpc) is 2.32. The van der Waals surface area contributed by atoms with E-state index in [4.69, 9.17) is 10.8 Å². The molecule has 0 aromatic rings. The van der Waals surface area contributed by atoms with Crippen molar-refractivity contribution in [1.29, 1.82) is 0 Å². The molecule has 13 heavy (non-hydrogen) atoms. The third-order valence-corrected chi connectivity index (χ3v) is 2.81. The highest BCUT2D eigenvalue weighted by molar-refractivity contribution is 5.73. The van der Waals surface area contributed by atoms with Crippen molar-refractivity contribution in [3.05, 3.63) is 0 Å². The molecular weight excluding hydrogens is 168 g/mol. The number of carboxylic acid groups (broad SMARTS) is 1. The lowest BCUT2D eigenvalue weighted by Gasteiger charge is -2.22. The first-order chi connectivity index (χ1) is 6.06. The van der Waals surface area contributed by atoms with E-state index < -0.39 is 5.97 Å². The number of carbonyl (C=O) groups is 1. The molecule has 0 bridgehead atoms. The number of rotatable bonds is 3. The topological polar surface area (TPSA) is 66.6 Å². The Balaban J connectivity index is 2.57. The highest BCUT2D eigenvalue weighted by Gasteiger charge is 2.33. The molecule has 0 saturated carbocycles. The summed E-state index contributed by atoms with van der Waals surface area (Å²) in [4.78, 5) is 12.8. The summed E-state index contributed by atoms with van der Waals surface area (Å²) in [5.74, 6) is -0.322. The number of carboxylic acids is 1. The van der Waals surface area contributed by atoms with E-state index in [1.807, 2.05) is 11.8 Å². The zero-order valence-corrected chi connectivity index (χ0v) is 8.23. The van der Waals surface area contributed by atoms with E-state index in [-0.39, 0.29) is 12.1 Å². The van der Waals surface area contributed by atoms with Crippen LogP contribution in [0.15, 0.2) is 0 Å². The first kappa shape index (κ1) is 10.5. The van der Waals surface area contributed by atoms with Gasteiger partial charge in [-0.05, 0) is 12.3 Å². The monoisotopic (exact) mass is 186 g/mol. The molecule has 1 aliphatic heterocycles. The second-order valence-corrected chi connectivity index (χ2v) is 3.86. The number of nitrogens with two attached hydrogens (primary N) is 1. The summed E-state index contributed by atoms with van der Waals surface area (Å²) in [5.41, 5.74) is 5.83. The lowest BCUT2D eigenvalue weighted by atomic mass is 10.1. The summed E-state index contributed by atoms with van der Waals surface area (Å²) >= 11 is 0. The second kappa shape index (κ2) is 4.07. The molecule has 1 aliphatic rings. The van der Waals surface area contributed by atoms with E-state index in [1.54, 1.807) is 0 Å². The minimum Gasteiger partial charge on any atom is -0.480 e. The van der Waals surface area contributed by atoms with Gasteiger partial charge in [-0.25, -0.2) is 0 Å². The molecule has 1 heterocycles. The largest absolute Gasteiger partial charge is 0.480 e. The first-order valence-corrected chi connectivity index (χ1v) is 4.78. The number of nitrogens with zero attached hydrogens (tertiary/aromatic N) is 1.